The quantitative estimate of drug-likeness (QED) is 0.314. The van der Waals surface area contributed by atoms with E-state index in [0.717, 1.165) is 56.7 Å². The molecule has 198 valence electrons. The number of hydrogen-bond donors (Lipinski definition) is 0. The van der Waals surface area contributed by atoms with Crippen molar-refractivity contribution < 1.29 is 18.3 Å². The first-order chi connectivity index (χ1) is 17.4. The SMILES string of the molecule is CC(C)OC(=O)c1cccnc1N1CCN(CCCC(c2ccc(F)cc2)c2ccc(F)cc2)CC1.Cl. The van der Waals surface area contributed by atoms with Crippen molar-refractivity contribution in [3.05, 3.63) is 95.2 Å². The second kappa shape index (κ2) is 13.5. The standard InChI is InChI=1S/C29H33F2N3O2.ClH/c1-21(2)36-29(35)27-5-3-15-32-28(27)34-19-17-33(18-20-34)16-4-6-26(22-7-11-24(30)12-8-22)23-9-13-25(31)14-10-23;/h3,5,7-15,21,26H,4,6,16-20H2,1-2H3;1H. The largest absolute Gasteiger partial charge is 0.459 e. The van der Waals surface area contributed by atoms with Gasteiger partial charge in [0, 0.05) is 38.3 Å². The van der Waals surface area contributed by atoms with Gasteiger partial charge in [-0.2, -0.15) is 0 Å². The fourth-order valence-electron chi connectivity index (χ4n) is 4.70. The van der Waals surface area contributed by atoms with Gasteiger partial charge in [-0.25, -0.2) is 18.6 Å². The molecule has 5 nitrogen and oxygen atoms in total. The van der Waals surface area contributed by atoms with Crippen LogP contribution in [0.25, 0.3) is 0 Å². The van der Waals surface area contributed by atoms with Crippen molar-refractivity contribution in [2.75, 3.05) is 37.6 Å². The van der Waals surface area contributed by atoms with Crippen molar-refractivity contribution in [3.8, 4) is 0 Å². The van der Waals surface area contributed by atoms with Crippen LogP contribution in [0.4, 0.5) is 14.6 Å². The smallest absolute Gasteiger partial charge is 0.342 e. The number of nitrogens with zero attached hydrogens (tertiary/aromatic N) is 3. The van der Waals surface area contributed by atoms with Crippen molar-refractivity contribution in [2.24, 2.45) is 0 Å². The molecule has 1 aliphatic heterocycles. The number of aromatic nitrogens is 1. The average Bonchev–Trinajstić information content (AvgIpc) is 2.88. The summed E-state index contributed by atoms with van der Waals surface area (Å²) in [5, 5.41) is 0. The van der Waals surface area contributed by atoms with E-state index in [1.54, 1.807) is 18.3 Å². The predicted molar refractivity (Wildman–Crippen MR) is 145 cm³/mol. The molecule has 0 atom stereocenters. The highest BCUT2D eigenvalue weighted by molar-refractivity contribution is 5.94. The molecule has 0 N–H and O–H groups in total. The molecule has 1 fully saturated rings. The number of rotatable bonds is 9. The molecule has 0 bridgehead atoms. The number of hydrogen-bond acceptors (Lipinski definition) is 5. The van der Waals surface area contributed by atoms with E-state index >= 15 is 0 Å². The summed E-state index contributed by atoms with van der Waals surface area (Å²) in [6.07, 6.45) is 3.35. The number of halogens is 3. The van der Waals surface area contributed by atoms with Crippen LogP contribution in [0.1, 0.15) is 54.1 Å². The van der Waals surface area contributed by atoms with Gasteiger partial charge in [0.25, 0.3) is 0 Å². The van der Waals surface area contributed by atoms with Gasteiger partial charge in [-0.1, -0.05) is 24.3 Å². The van der Waals surface area contributed by atoms with Gasteiger partial charge >= 0.3 is 5.97 Å². The Kier molecular flexibility index (Phi) is 10.4. The Hall–Kier alpha value is -3.03. The van der Waals surface area contributed by atoms with E-state index in [1.165, 1.54) is 24.3 Å². The molecule has 0 radical (unpaired) electrons. The lowest BCUT2D eigenvalue weighted by Gasteiger charge is -2.36. The minimum Gasteiger partial charge on any atom is -0.459 e. The van der Waals surface area contributed by atoms with E-state index in [9.17, 15) is 13.6 Å². The Bertz CT molecular complexity index is 1090. The Balaban J connectivity index is 0.00000380. The van der Waals surface area contributed by atoms with Gasteiger partial charge in [-0.05, 0) is 80.8 Å². The number of esters is 1. The molecule has 2 aromatic carbocycles. The van der Waals surface area contributed by atoms with Gasteiger partial charge in [0.2, 0.25) is 0 Å². The van der Waals surface area contributed by atoms with Crippen molar-refractivity contribution in [1.82, 2.24) is 9.88 Å². The van der Waals surface area contributed by atoms with E-state index in [4.69, 9.17) is 4.74 Å². The van der Waals surface area contributed by atoms with Crippen LogP contribution in [0.3, 0.4) is 0 Å². The summed E-state index contributed by atoms with van der Waals surface area (Å²) in [5.41, 5.74) is 2.56. The predicted octanol–water partition coefficient (Wildman–Crippen LogP) is 6.08. The molecule has 8 heteroatoms. The first kappa shape index (κ1) is 28.5. The molecule has 0 unspecified atom stereocenters. The molecule has 0 spiro atoms. The van der Waals surface area contributed by atoms with Crippen LogP contribution >= 0.6 is 12.4 Å². The fraction of sp³-hybridized carbons (Fsp3) is 0.379. The van der Waals surface area contributed by atoms with Gasteiger partial charge in [0.1, 0.15) is 23.0 Å². The van der Waals surface area contributed by atoms with E-state index in [0.29, 0.717) is 11.4 Å². The summed E-state index contributed by atoms with van der Waals surface area (Å²) in [4.78, 5) is 21.6. The molecule has 1 aromatic heterocycles. The lowest BCUT2D eigenvalue weighted by Crippen LogP contribution is -2.47. The molecule has 0 aliphatic carbocycles. The molecule has 0 amide bonds. The lowest BCUT2D eigenvalue weighted by atomic mass is 9.87. The number of carbonyl (C=O) groups is 1. The fourth-order valence-corrected chi connectivity index (χ4v) is 4.70. The second-order valence-corrected chi connectivity index (χ2v) is 9.46. The monoisotopic (exact) mass is 529 g/mol. The Morgan fingerprint density at radius 3 is 2.03 bits per heavy atom. The van der Waals surface area contributed by atoms with Crippen LogP contribution in [0, 0.1) is 11.6 Å². The highest BCUT2D eigenvalue weighted by atomic mass is 35.5. The number of pyridine rings is 1. The third-order valence-corrected chi connectivity index (χ3v) is 6.53. The molecular weight excluding hydrogens is 496 g/mol. The van der Waals surface area contributed by atoms with Gasteiger partial charge in [-0.3, -0.25) is 4.90 Å². The minimum absolute atomic E-state index is 0. The Labute approximate surface area is 223 Å². The summed E-state index contributed by atoms with van der Waals surface area (Å²) in [5.74, 6) is -0.111. The zero-order chi connectivity index (χ0) is 25.5. The molecule has 37 heavy (non-hydrogen) atoms. The number of carbonyl (C=O) groups excluding carboxylic acids is 1. The maximum Gasteiger partial charge on any atom is 0.342 e. The summed E-state index contributed by atoms with van der Waals surface area (Å²) in [7, 11) is 0. The van der Waals surface area contributed by atoms with Gasteiger partial charge < -0.3 is 9.64 Å². The van der Waals surface area contributed by atoms with Crippen LogP contribution < -0.4 is 4.90 Å². The molecule has 1 saturated heterocycles. The van der Waals surface area contributed by atoms with Crippen LogP contribution in [0.15, 0.2) is 66.9 Å². The van der Waals surface area contributed by atoms with Gasteiger partial charge in [-0.15, -0.1) is 12.4 Å². The van der Waals surface area contributed by atoms with Crippen molar-refractivity contribution in [1.29, 1.82) is 0 Å². The highest BCUT2D eigenvalue weighted by Gasteiger charge is 2.24. The summed E-state index contributed by atoms with van der Waals surface area (Å²) in [6.45, 7) is 7.89. The number of benzene rings is 2. The molecule has 3 aromatic rings. The first-order valence-electron chi connectivity index (χ1n) is 12.5. The van der Waals surface area contributed by atoms with Crippen molar-refractivity contribution in [3.63, 3.8) is 0 Å². The van der Waals surface area contributed by atoms with Crippen LogP contribution in [-0.4, -0.2) is 54.7 Å². The third-order valence-electron chi connectivity index (χ3n) is 6.53. The first-order valence-corrected chi connectivity index (χ1v) is 12.5. The molecule has 2 heterocycles. The van der Waals surface area contributed by atoms with Crippen molar-refractivity contribution >= 4 is 24.2 Å². The van der Waals surface area contributed by atoms with Crippen molar-refractivity contribution in [2.45, 2.75) is 38.7 Å². The topological polar surface area (TPSA) is 45.7 Å². The molecular formula is C29H34ClF2N3O2. The van der Waals surface area contributed by atoms with E-state index in [-0.39, 0.29) is 42.0 Å². The lowest BCUT2D eigenvalue weighted by molar-refractivity contribution is 0.0378. The van der Waals surface area contributed by atoms with E-state index in [1.807, 2.05) is 38.1 Å². The molecule has 1 aliphatic rings. The highest BCUT2D eigenvalue weighted by Crippen LogP contribution is 2.30. The minimum atomic E-state index is -0.344. The van der Waals surface area contributed by atoms with Crippen LogP contribution in [0.5, 0.6) is 0 Å². The Morgan fingerprint density at radius 2 is 1.49 bits per heavy atom. The number of anilines is 1. The average molecular weight is 530 g/mol. The molecule has 0 saturated carbocycles. The van der Waals surface area contributed by atoms with Gasteiger partial charge in [0.05, 0.1) is 6.10 Å². The Morgan fingerprint density at radius 1 is 0.919 bits per heavy atom. The van der Waals surface area contributed by atoms with Gasteiger partial charge in [0.15, 0.2) is 0 Å². The zero-order valence-corrected chi connectivity index (χ0v) is 22.1. The third kappa shape index (κ3) is 7.73. The van der Waals surface area contributed by atoms with E-state index < -0.39 is 0 Å². The second-order valence-electron chi connectivity index (χ2n) is 9.46. The van der Waals surface area contributed by atoms with Crippen LogP contribution in [0.2, 0.25) is 0 Å². The maximum absolute atomic E-state index is 13.5. The van der Waals surface area contributed by atoms with Crippen LogP contribution in [-0.2, 0) is 4.74 Å². The number of piperazine rings is 1. The maximum atomic E-state index is 13.5. The summed E-state index contributed by atoms with van der Waals surface area (Å²) >= 11 is 0. The summed E-state index contributed by atoms with van der Waals surface area (Å²) < 4.78 is 32.4. The number of ether oxygens (including phenoxy) is 1. The summed E-state index contributed by atoms with van der Waals surface area (Å²) in [6, 6.07) is 16.7. The molecule has 4 rings (SSSR count). The zero-order valence-electron chi connectivity index (χ0n) is 21.3. The normalized spacial score (nSPS) is 14.1. The van der Waals surface area contributed by atoms with E-state index in [2.05, 4.69) is 14.8 Å².